The van der Waals surface area contributed by atoms with Crippen LogP contribution in [0.2, 0.25) is 0 Å². The molecule has 0 saturated heterocycles. The Bertz CT molecular complexity index is 394. The van der Waals surface area contributed by atoms with E-state index in [9.17, 15) is 4.79 Å². The summed E-state index contributed by atoms with van der Waals surface area (Å²) >= 11 is 4.12. The average molecular weight is 252 g/mol. The van der Waals surface area contributed by atoms with Crippen molar-refractivity contribution in [2.45, 2.75) is 6.42 Å². The zero-order valence-corrected chi connectivity index (χ0v) is 10.3. The van der Waals surface area contributed by atoms with E-state index < -0.39 is 0 Å². The first-order valence-electron chi connectivity index (χ1n) is 5.26. The maximum atomic E-state index is 11.0. The van der Waals surface area contributed by atoms with Gasteiger partial charge in [0.05, 0.1) is 0 Å². The Morgan fingerprint density at radius 3 is 2.94 bits per heavy atom. The Kier molecular flexibility index (Phi) is 6.21. The van der Waals surface area contributed by atoms with Crippen LogP contribution in [0, 0.1) is 0 Å². The molecule has 1 aromatic rings. The summed E-state index contributed by atoms with van der Waals surface area (Å²) in [6.45, 7) is -0.0894. The molecule has 0 aromatic heterocycles. The van der Waals surface area contributed by atoms with Crippen LogP contribution in [-0.4, -0.2) is 18.3 Å². The maximum Gasteiger partial charge on any atom is 0.271 e. The number of hydrogen-bond acceptors (Lipinski definition) is 4. The number of amides is 1. The fourth-order valence-electron chi connectivity index (χ4n) is 1.22. The Hall–Kier alpha value is -1.46. The quantitative estimate of drug-likeness (QED) is 0.310. The number of para-hydroxylation sites is 1. The number of benzene rings is 1. The van der Waals surface area contributed by atoms with Gasteiger partial charge in [-0.05, 0) is 18.2 Å². The molecule has 5 heteroatoms. The van der Waals surface area contributed by atoms with Crippen LogP contribution < -0.4 is 16.0 Å². The summed E-state index contributed by atoms with van der Waals surface area (Å²) in [4.78, 5) is 11.0. The van der Waals surface area contributed by atoms with Gasteiger partial charge in [0.1, 0.15) is 5.75 Å². The molecule has 92 valence electrons. The SMILES string of the molecule is NNC(=O)COc1ccccc1C=CCCS. The van der Waals surface area contributed by atoms with Crippen molar-refractivity contribution in [1.82, 2.24) is 5.43 Å². The van der Waals surface area contributed by atoms with Gasteiger partial charge in [0.15, 0.2) is 6.61 Å². The Balaban J connectivity index is 2.67. The minimum absolute atomic E-state index is 0.0894. The monoisotopic (exact) mass is 252 g/mol. The summed E-state index contributed by atoms with van der Waals surface area (Å²) in [5, 5.41) is 0. The fourth-order valence-corrected chi connectivity index (χ4v) is 1.37. The zero-order valence-electron chi connectivity index (χ0n) is 9.43. The van der Waals surface area contributed by atoms with E-state index in [-0.39, 0.29) is 12.5 Å². The summed E-state index contributed by atoms with van der Waals surface area (Å²) in [6, 6.07) is 7.50. The van der Waals surface area contributed by atoms with Gasteiger partial charge in [0.25, 0.3) is 5.91 Å². The van der Waals surface area contributed by atoms with E-state index in [1.807, 2.05) is 41.8 Å². The summed E-state index contributed by atoms with van der Waals surface area (Å²) in [5.41, 5.74) is 2.94. The van der Waals surface area contributed by atoms with Gasteiger partial charge in [0, 0.05) is 5.56 Å². The van der Waals surface area contributed by atoms with Crippen LogP contribution in [0.5, 0.6) is 5.75 Å². The molecule has 0 aliphatic heterocycles. The molecule has 1 rings (SSSR count). The lowest BCUT2D eigenvalue weighted by atomic mass is 10.2. The van der Waals surface area contributed by atoms with E-state index in [1.165, 1.54) is 0 Å². The number of carbonyl (C=O) groups excluding carboxylic acids is 1. The van der Waals surface area contributed by atoms with Gasteiger partial charge in [-0.25, -0.2) is 5.84 Å². The van der Waals surface area contributed by atoms with Crippen molar-refractivity contribution >= 4 is 24.6 Å². The van der Waals surface area contributed by atoms with Gasteiger partial charge >= 0.3 is 0 Å². The molecule has 4 nitrogen and oxygen atoms in total. The van der Waals surface area contributed by atoms with E-state index in [0.29, 0.717) is 5.75 Å². The molecule has 0 saturated carbocycles. The maximum absolute atomic E-state index is 11.0. The molecule has 3 N–H and O–H groups in total. The van der Waals surface area contributed by atoms with Crippen molar-refractivity contribution in [1.29, 1.82) is 0 Å². The highest BCUT2D eigenvalue weighted by atomic mass is 32.1. The molecule has 0 radical (unpaired) electrons. The molecule has 0 atom stereocenters. The van der Waals surface area contributed by atoms with Gasteiger partial charge in [-0.2, -0.15) is 12.6 Å². The number of nitrogens with one attached hydrogen (secondary N) is 1. The summed E-state index contributed by atoms with van der Waals surface area (Å²) in [5.74, 6) is 6.07. The van der Waals surface area contributed by atoms with Crippen molar-refractivity contribution in [3.05, 3.63) is 35.9 Å². The Morgan fingerprint density at radius 1 is 1.47 bits per heavy atom. The Labute approximate surface area is 106 Å². The lowest BCUT2D eigenvalue weighted by Crippen LogP contribution is -2.34. The predicted molar refractivity (Wildman–Crippen MR) is 71.8 cm³/mol. The molecule has 0 unspecified atom stereocenters. The van der Waals surface area contributed by atoms with E-state index in [0.717, 1.165) is 17.7 Å². The van der Waals surface area contributed by atoms with Crippen LogP contribution in [0.4, 0.5) is 0 Å². The highest BCUT2D eigenvalue weighted by molar-refractivity contribution is 7.80. The minimum atomic E-state index is -0.362. The molecule has 0 aliphatic carbocycles. The van der Waals surface area contributed by atoms with Crippen LogP contribution >= 0.6 is 12.6 Å². The highest BCUT2D eigenvalue weighted by Gasteiger charge is 2.02. The normalized spacial score (nSPS) is 10.5. The first kappa shape index (κ1) is 13.6. The van der Waals surface area contributed by atoms with Gasteiger partial charge in [-0.3, -0.25) is 10.2 Å². The fraction of sp³-hybridized carbons (Fsp3) is 0.250. The van der Waals surface area contributed by atoms with Crippen LogP contribution in [0.25, 0.3) is 6.08 Å². The number of nitrogens with two attached hydrogens (primary N) is 1. The van der Waals surface area contributed by atoms with Crippen molar-refractivity contribution in [3.63, 3.8) is 0 Å². The molecule has 1 amide bonds. The predicted octanol–water partition coefficient (Wildman–Crippen LogP) is 1.39. The number of rotatable bonds is 6. The van der Waals surface area contributed by atoms with Crippen molar-refractivity contribution in [2.24, 2.45) is 5.84 Å². The topological polar surface area (TPSA) is 64.3 Å². The van der Waals surface area contributed by atoms with E-state index in [1.54, 1.807) is 0 Å². The molecule has 0 spiro atoms. The third-order valence-corrected chi connectivity index (χ3v) is 2.29. The standard InChI is InChI=1S/C12H16N2O2S/c13-14-12(15)9-16-11-7-2-1-5-10(11)6-3-4-8-17/h1-3,5-7,17H,4,8-9,13H2,(H,14,15). The molecule has 0 heterocycles. The molecule has 0 bridgehead atoms. The number of carbonyl (C=O) groups is 1. The second-order valence-corrected chi connectivity index (χ2v) is 3.76. The van der Waals surface area contributed by atoms with Crippen LogP contribution in [0.3, 0.4) is 0 Å². The Morgan fingerprint density at radius 2 is 2.24 bits per heavy atom. The first-order valence-corrected chi connectivity index (χ1v) is 5.90. The van der Waals surface area contributed by atoms with E-state index >= 15 is 0 Å². The van der Waals surface area contributed by atoms with Gasteiger partial charge in [0.2, 0.25) is 0 Å². The molecular formula is C12H16N2O2S. The first-order chi connectivity index (χ1) is 8.27. The van der Waals surface area contributed by atoms with Crippen molar-refractivity contribution < 1.29 is 9.53 Å². The van der Waals surface area contributed by atoms with Crippen LogP contribution in [0.1, 0.15) is 12.0 Å². The van der Waals surface area contributed by atoms with Crippen LogP contribution in [-0.2, 0) is 4.79 Å². The lowest BCUT2D eigenvalue weighted by Gasteiger charge is -2.07. The van der Waals surface area contributed by atoms with Crippen molar-refractivity contribution in [2.75, 3.05) is 12.4 Å². The third kappa shape index (κ3) is 4.93. The van der Waals surface area contributed by atoms with Gasteiger partial charge < -0.3 is 4.74 Å². The summed E-state index contributed by atoms with van der Waals surface area (Å²) in [6.07, 6.45) is 4.85. The molecule has 0 aliphatic rings. The second kappa shape index (κ2) is 7.76. The summed E-state index contributed by atoms with van der Waals surface area (Å²) < 4.78 is 5.36. The zero-order chi connectivity index (χ0) is 12.5. The van der Waals surface area contributed by atoms with E-state index in [4.69, 9.17) is 10.6 Å². The van der Waals surface area contributed by atoms with Crippen LogP contribution in [0.15, 0.2) is 30.3 Å². The average Bonchev–Trinajstić information content (AvgIpc) is 2.37. The number of hydrazine groups is 1. The number of ether oxygens (including phenoxy) is 1. The highest BCUT2D eigenvalue weighted by Crippen LogP contribution is 2.19. The number of hydrogen-bond donors (Lipinski definition) is 3. The molecular weight excluding hydrogens is 236 g/mol. The smallest absolute Gasteiger partial charge is 0.271 e. The van der Waals surface area contributed by atoms with E-state index in [2.05, 4.69) is 12.6 Å². The molecule has 17 heavy (non-hydrogen) atoms. The van der Waals surface area contributed by atoms with Gasteiger partial charge in [-0.15, -0.1) is 0 Å². The summed E-state index contributed by atoms with van der Waals surface area (Å²) in [7, 11) is 0. The number of thiol groups is 1. The third-order valence-electron chi connectivity index (χ3n) is 2.03. The van der Waals surface area contributed by atoms with Gasteiger partial charge in [-0.1, -0.05) is 30.4 Å². The number of allylic oxidation sites excluding steroid dienone is 1. The molecule has 0 fully saturated rings. The molecule has 1 aromatic carbocycles. The van der Waals surface area contributed by atoms with Crippen molar-refractivity contribution in [3.8, 4) is 5.75 Å². The second-order valence-electron chi connectivity index (χ2n) is 3.31. The lowest BCUT2D eigenvalue weighted by molar-refractivity contribution is -0.123. The minimum Gasteiger partial charge on any atom is -0.483 e. The largest absolute Gasteiger partial charge is 0.483 e.